The third kappa shape index (κ3) is 4.05. The van der Waals surface area contributed by atoms with Gasteiger partial charge in [0.15, 0.2) is 10.8 Å². The molecule has 2 heterocycles. The molecule has 30 heavy (non-hydrogen) atoms. The van der Waals surface area contributed by atoms with E-state index in [4.69, 9.17) is 0 Å². The minimum Gasteiger partial charge on any atom is -0.295 e. The SMILES string of the molecule is CC(=O)c1cccc(S(=O)(=O)N2CCC[C@H](c3nnc(-c4ccccc4F)s3)C2)c1. The lowest BCUT2D eigenvalue weighted by Gasteiger charge is -2.30. The van der Waals surface area contributed by atoms with Crippen LogP contribution in [0.5, 0.6) is 0 Å². The fourth-order valence-electron chi connectivity index (χ4n) is 3.53. The van der Waals surface area contributed by atoms with E-state index in [1.165, 1.54) is 40.8 Å². The first-order valence-corrected chi connectivity index (χ1v) is 11.8. The number of Topliss-reactive ketones (excluding diaryl/α,β-unsaturated/α-hetero) is 1. The Balaban J connectivity index is 1.57. The van der Waals surface area contributed by atoms with Crippen molar-refractivity contribution in [1.82, 2.24) is 14.5 Å². The van der Waals surface area contributed by atoms with Gasteiger partial charge in [0.2, 0.25) is 10.0 Å². The Labute approximate surface area is 178 Å². The molecule has 156 valence electrons. The molecular formula is C21H20FN3O3S2. The van der Waals surface area contributed by atoms with E-state index in [-0.39, 0.29) is 29.0 Å². The van der Waals surface area contributed by atoms with Crippen molar-refractivity contribution in [1.29, 1.82) is 0 Å². The fourth-order valence-corrected chi connectivity index (χ4v) is 6.10. The monoisotopic (exact) mass is 445 g/mol. The second-order valence-electron chi connectivity index (χ2n) is 7.21. The highest BCUT2D eigenvalue weighted by Crippen LogP contribution is 2.35. The smallest absolute Gasteiger partial charge is 0.243 e. The third-order valence-electron chi connectivity index (χ3n) is 5.16. The number of halogens is 1. The molecule has 9 heteroatoms. The normalized spacial score (nSPS) is 17.7. The molecule has 2 aromatic carbocycles. The third-order valence-corrected chi connectivity index (χ3v) is 8.14. The molecule has 0 amide bonds. The van der Waals surface area contributed by atoms with Gasteiger partial charge in [0.25, 0.3) is 0 Å². The van der Waals surface area contributed by atoms with Crippen molar-refractivity contribution < 1.29 is 17.6 Å². The second-order valence-corrected chi connectivity index (χ2v) is 10.2. The van der Waals surface area contributed by atoms with E-state index in [1.54, 1.807) is 30.3 Å². The summed E-state index contributed by atoms with van der Waals surface area (Å²) in [5.74, 6) is -0.654. The molecule has 1 aliphatic heterocycles. The maximum absolute atomic E-state index is 14.0. The molecule has 1 aromatic heterocycles. The van der Waals surface area contributed by atoms with Crippen LogP contribution >= 0.6 is 11.3 Å². The van der Waals surface area contributed by atoms with E-state index < -0.39 is 10.0 Å². The topological polar surface area (TPSA) is 80.2 Å². The number of benzene rings is 2. The van der Waals surface area contributed by atoms with Crippen LogP contribution in [0.2, 0.25) is 0 Å². The fraction of sp³-hybridized carbons (Fsp3) is 0.286. The summed E-state index contributed by atoms with van der Waals surface area (Å²) in [7, 11) is -3.73. The summed E-state index contributed by atoms with van der Waals surface area (Å²) in [5.41, 5.74) is 0.755. The van der Waals surface area contributed by atoms with Crippen LogP contribution in [-0.4, -0.2) is 41.8 Å². The van der Waals surface area contributed by atoms with Gasteiger partial charge in [-0.1, -0.05) is 35.6 Å². The van der Waals surface area contributed by atoms with Gasteiger partial charge in [-0.2, -0.15) is 4.31 Å². The zero-order valence-electron chi connectivity index (χ0n) is 16.3. The number of rotatable bonds is 5. The van der Waals surface area contributed by atoms with Crippen LogP contribution in [0.3, 0.4) is 0 Å². The van der Waals surface area contributed by atoms with E-state index >= 15 is 0 Å². The van der Waals surface area contributed by atoms with Crippen LogP contribution in [0.25, 0.3) is 10.6 Å². The molecule has 0 unspecified atom stereocenters. The minimum atomic E-state index is -3.73. The van der Waals surface area contributed by atoms with Gasteiger partial charge in [0, 0.05) is 30.1 Å². The zero-order valence-corrected chi connectivity index (χ0v) is 17.9. The van der Waals surface area contributed by atoms with Gasteiger partial charge in [-0.15, -0.1) is 10.2 Å². The van der Waals surface area contributed by atoms with E-state index in [1.807, 2.05) is 0 Å². The summed E-state index contributed by atoms with van der Waals surface area (Å²) in [4.78, 5) is 11.7. The van der Waals surface area contributed by atoms with Gasteiger partial charge in [0.1, 0.15) is 10.8 Å². The van der Waals surface area contributed by atoms with Crippen LogP contribution in [0.4, 0.5) is 4.39 Å². The molecule has 0 saturated carbocycles. The molecule has 0 radical (unpaired) electrons. The first-order valence-electron chi connectivity index (χ1n) is 9.55. The average molecular weight is 446 g/mol. The largest absolute Gasteiger partial charge is 0.295 e. The molecule has 6 nitrogen and oxygen atoms in total. The molecular weight excluding hydrogens is 425 g/mol. The summed E-state index contributed by atoms with van der Waals surface area (Å²) >= 11 is 1.29. The van der Waals surface area contributed by atoms with Crippen molar-refractivity contribution in [2.45, 2.75) is 30.6 Å². The number of ketones is 1. The molecule has 1 saturated heterocycles. The summed E-state index contributed by atoms with van der Waals surface area (Å²) < 4.78 is 41.8. The quantitative estimate of drug-likeness (QED) is 0.552. The molecule has 0 bridgehead atoms. The van der Waals surface area contributed by atoms with Crippen molar-refractivity contribution >= 4 is 27.1 Å². The molecule has 1 atom stereocenters. The standard InChI is InChI=1S/C21H20FN3O3S2/c1-14(26)15-6-4-8-17(12-15)30(27,28)25-11-5-7-16(13-25)20-23-24-21(29-20)18-9-2-3-10-19(18)22/h2-4,6,8-10,12,16H,5,7,11,13H2,1H3/t16-/m0/s1. The zero-order chi connectivity index (χ0) is 21.3. The van der Waals surface area contributed by atoms with Crippen molar-refractivity contribution in [2.75, 3.05) is 13.1 Å². The van der Waals surface area contributed by atoms with Gasteiger partial charge in [-0.3, -0.25) is 4.79 Å². The molecule has 1 fully saturated rings. The van der Waals surface area contributed by atoms with Gasteiger partial charge in [-0.25, -0.2) is 12.8 Å². The first kappa shape index (κ1) is 20.8. The van der Waals surface area contributed by atoms with Crippen LogP contribution in [0.15, 0.2) is 53.4 Å². The maximum Gasteiger partial charge on any atom is 0.243 e. The number of aromatic nitrogens is 2. The van der Waals surface area contributed by atoms with E-state index in [9.17, 15) is 17.6 Å². The predicted molar refractivity (Wildman–Crippen MR) is 112 cm³/mol. The molecule has 3 aromatic rings. The molecule has 4 rings (SSSR count). The van der Waals surface area contributed by atoms with Gasteiger partial charge >= 0.3 is 0 Å². The lowest BCUT2D eigenvalue weighted by atomic mass is 10.0. The van der Waals surface area contributed by atoms with Crippen LogP contribution in [-0.2, 0) is 10.0 Å². The number of hydrogen-bond acceptors (Lipinski definition) is 6. The summed E-state index contributed by atoms with van der Waals surface area (Å²) in [6.07, 6.45) is 1.47. The number of carbonyl (C=O) groups is 1. The van der Waals surface area contributed by atoms with Crippen molar-refractivity contribution in [2.24, 2.45) is 0 Å². The Hall–Kier alpha value is -2.49. The van der Waals surface area contributed by atoms with Gasteiger partial charge < -0.3 is 0 Å². The van der Waals surface area contributed by atoms with Gasteiger partial charge in [0.05, 0.1) is 4.90 Å². The number of piperidine rings is 1. The van der Waals surface area contributed by atoms with E-state index in [0.717, 1.165) is 6.42 Å². The Bertz CT molecular complexity index is 1190. The second kappa shape index (κ2) is 8.33. The lowest BCUT2D eigenvalue weighted by Crippen LogP contribution is -2.39. The Kier molecular flexibility index (Phi) is 5.77. The van der Waals surface area contributed by atoms with Crippen molar-refractivity contribution in [3.8, 4) is 10.6 Å². The molecule has 0 N–H and O–H groups in total. The number of nitrogens with zero attached hydrogens (tertiary/aromatic N) is 3. The summed E-state index contributed by atoms with van der Waals surface area (Å²) in [6, 6.07) is 12.5. The maximum atomic E-state index is 14.0. The van der Waals surface area contributed by atoms with Gasteiger partial charge in [-0.05, 0) is 44.0 Å². The number of sulfonamides is 1. The van der Waals surface area contributed by atoms with Crippen LogP contribution in [0.1, 0.15) is 41.0 Å². The van der Waals surface area contributed by atoms with Crippen molar-refractivity contribution in [3.63, 3.8) is 0 Å². The number of carbonyl (C=O) groups excluding carboxylic acids is 1. The lowest BCUT2D eigenvalue weighted by molar-refractivity contribution is 0.101. The van der Waals surface area contributed by atoms with Crippen LogP contribution < -0.4 is 0 Å². The van der Waals surface area contributed by atoms with Crippen molar-refractivity contribution in [3.05, 3.63) is 64.9 Å². The highest BCUT2D eigenvalue weighted by molar-refractivity contribution is 7.89. The Morgan fingerprint density at radius 1 is 1.17 bits per heavy atom. The highest BCUT2D eigenvalue weighted by Gasteiger charge is 2.32. The Morgan fingerprint density at radius 3 is 2.73 bits per heavy atom. The first-order chi connectivity index (χ1) is 14.4. The van der Waals surface area contributed by atoms with E-state index in [2.05, 4.69) is 10.2 Å². The molecule has 0 spiro atoms. The Morgan fingerprint density at radius 2 is 1.97 bits per heavy atom. The molecule has 0 aliphatic carbocycles. The average Bonchev–Trinajstić information content (AvgIpc) is 3.24. The minimum absolute atomic E-state index is 0.109. The van der Waals surface area contributed by atoms with Crippen LogP contribution in [0, 0.1) is 5.82 Å². The predicted octanol–water partition coefficient (Wildman–Crippen LogP) is 4.12. The van der Waals surface area contributed by atoms with E-state index in [0.29, 0.717) is 34.1 Å². The molecule has 1 aliphatic rings. The highest BCUT2D eigenvalue weighted by atomic mass is 32.2. The summed E-state index contributed by atoms with van der Waals surface area (Å²) in [5, 5.41) is 9.52. The number of hydrogen-bond donors (Lipinski definition) is 0. The summed E-state index contributed by atoms with van der Waals surface area (Å²) in [6.45, 7) is 2.09.